The van der Waals surface area contributed by atoms with Gasteiger partial charge in [0.15, 0.2) is 0 Å². The number of fused-ring (bicyclic) bond motifs is 40. The van der Waals surface area contributed by atoms with Crippen LogP contribution in [0.25, 0.3) is 286 Å². The molecule has 0 saturated heterocycles. The summed E-state index contributed by atoms with van der Waals surface area (Å²) in [7, 11) is 0. The van der Waals surface area contributed by atoms with Gasteiger partial charge in [-0.05, 0) is 249 Å². The Morgan fingerprint density at radius 3 is 0.516 bits per heavy atom. The molecule has 0 bridgehead atoms. The normalized spacial score (nSPS) is 12.2. The van der Waals surface area contributed by atoms with Crippen LogP contribution < -0.4 is 0 Å². The van der Waals surface area contributed by atoms with Crippen LogP contribution in [0.15, 0.2) is 430 Å². The molecule has 0 atom stereocenters. The fourth-order valence-electron chi connectivity index (χ4n) is 21.3. The molecule has 0 fully saturated rings. The van der Waals surface area contributed by atoms with Crippen molar-refractivity contribution in [3.05, 3.63) is 413 Å². The average Bonchev–Trinajstić information content (AvgIpc) is 1.43. The van der Waals surface area contributed by atoms with Crippen molar-refractivity contribution in [2.75, 3.05) is 0 Å². The zero-order chi connectivity index (χ0) is 80.9. The minimum atomic E-state index is 0.900. The maximum Gasteiger partial charge on any atom is 0.143 e. The van der Waals surface area contributed by atoms with Crippen LogP contribution in [0, 0.1) is 0 Å². The van der Waals surface area contributed by atoms with Gasteiger partial charge in [-0.25, -0.2) is 0 Å². The Labute approximate surface area is 711 Å². The molecule has 26 aromatic rings. The van der Waals surface area contributed by atoms with Crippen LogP contribution >= 0.6 is 0 Å². The summed E-state index contributed by atoms with van der Waals surface area (Å²) in [5.41, 5.74) is 35.2. The third kappa shape index (κ3) is 10.1. The number of hydrogen-bond donors (Lipinski definition) is 0. The first kappa shape index (κ1) is 68.5. The monoisotopic (exact) mass is 1570 g/mol. The van der Waals surface area contributed by atoms with Crippen LogP contribution in [0.4, 0.5) is 0 Å². The van der Waals surface area contributed by atoms with Crippen molar-refractivity contribution >= 4 is 152 Å². The zero-order valence-corrected chi connectivity index (χ0v) is 66.9. The summed E-state index contributed by atoms with van der Waals surface area (Å²) >= 11 is 0. The molecule has 0 saturated carbocycles. The molecule has 4 heteroatoms. The Morgan fingerprint density at radius 2 is 0.258 bits per heavy atom. The van der Waals surface area contributed by atoms with Gasteiger partial charge in [-0.15, -0.1) is 0 Å². The van der Waals surface area contributed by atoms with Crippen molar-refractivity contribution in [1.29, 1.82) is 0 Å². The first-order valence-electron chi connectivity index (χ1n) is 42.6. The lowest BCUT2D eigenvalue weighted by Crippen LogP contribution is -1.99. The maximum absolute atomic E-state index is 6.64. The summed E-state index contributed by atoms with van der Waals surface area (Å²) in [4.78, 5) is 0. The van der Waals surface area contributed by atoms with Crippen molar-refractivity contribution in [3.63, 3.8) is 0 Å². The van der Waals surface area contributed by atoms with Crippen LogP contribution in [0.5, 0.6) is 0 Å². The molecular formula is C120H68O4. The molecule has 572 valence electrons. The van der Waals surface area contributed by atoms with Crippen LogP contribution in [-0.2, 0) is 0 Å². The molecule has 22 aromatic carbocycles. The highest BCUT2D eigenvalue weighted by molar-refractivity contribution is 6.30. The van der Waals surface area contributed by atoms with Crippen LogP contribution in [0.3, 0.4) is 0 Å². The van der Waals surface area contributed by atoms with E-state index < -0.39 is 0 Å². The van der Waals surface area contributed by atoms with Gasteiger partial charge in [0.05, 0.1) is 0 Å². The second-order valence-electron chi connectivity index (χ2n) is 33.3. The highest BCUT2D eigenvalue weighted by atomic mass is 16.3. The van der Waals surface area contributed by atoms with Gasteiger partial charge in [-0.2, -0.15) is 0 Å². The number of hydrogen-bond acceptors (Lipinski definition) is 4. The largest absolute Gasteiger partial charge is 0.455 e. The van der Waals surface area contributed by atoms with E-state index in [-0.39, 0.29) is 0 Å². The van der Waals surface area contributed by atoms with Crippen molar-refractivity contribution < 1.29 is 17.7 Å². The number of benzene rings is 22. The second-order valence-corrected chi connectivity index (χ2v) is 33.3. The molecule has 4 aromatic heterocycles. The number of para-hydroxylation sites is 8. The molecule has 2 aliphatic carbocycles. The van der Waals surface area contributed by atoms with E-state index in [9.17, 15) is 0 Å². The summed E-state index contributed by atoms with van der Waals surface area (Å²) in [6.07, 6.45) is 0. The SMILES string of the molecule is c1ccc2c(c1)-c1ccc(-c3cccc4c3oc3ccccc34)cc1-c1cc3c4ccccc4c4ccccc4c3cc1-c1cc(-c3cccc4c3oc3ccccc34)ccc1-2.c1ccc2c(c1)-c1ccc(-c3cccc4c3oc3ccccc34)cc1-c1cc3c4ccccc4c4ccccc4c3cc1-c1ccc(-c3cccc4c3oc3ccccc34)cc1-2. The zero-order valence-electron chi connectivity index (χ0n) is 66.9. The number of furan rings is 4. The second kappa shape index (κ2) is 26.5. The maximum atomic E-state index is 6.64. The van der Waals surface area contributed by atoms with Gasteiger partial charge >= 0.3 is 0 Å². The molecular weight excluding hydrogens is 1510 g/mol. The van der Waals surface area contributed by atoms with E-state index in [1.54, 1.807) is 0 Å². The van der Waals surface area contributed by atoms with Gasteiger partial charge in [0, 0.05) is 65.3 Å². The standard InChI is InChI=1S/2C60H34O2/c1-5-17-43-39(13-1)40-14-2-6-18-44(40)54-34-56-52-32-36(38-22-12-24-50-48-20-8-10-26-58(48)62-60(38)50)27-29-45(52)41-15-3-4-16-42(41)51-31-35(28-30-46(51)55(56)33-53(43)54)37-21-11-23-49-47-19-7-9-25-57(47)61-59(37)49;1-2-16-42-41(15-1)45-29-27-35(37-21-11-23-49-47-19-7-9-25-57(47)61-59(37)49)31-51(45)55-33-53-43-17-5-3-13-39(43)40-14-4-6-18-44(40)54(53)34-56(55)52-32-36(28-30-46(42)52)38-22-12-24-50-48-20-8-10-26-58(48)62-60(38)50/h2*1-34H. The molecule has 4 heterocycles. The molecule has 2 aliphatic rings. The predicted octanol–water partition coefficient (Wildman–Crippen LogP) is 34.5. The van der Waals surface area contributed by atoms with E-state index in [2.05, 4.69) is 388 Å². The quantitative estimate of drug-likeness (QED) is 0.165. The van der Waals surface area contributed by atoms with Crippen LogP contribution in [0.1, 0.15) is 0 Å². The van der Waals surface area contributed by atoms with Gasteiger partial charge in [-0.1, -0.05) is 340 Å². The summed E-state index contributed by atoms with van der Waals surface area (Å²) in [6, 6.07) is 151. The molecule has 124 heavy (non-hydrogen) atoms. The van der Waals surface area contributed by atoms with E-state index >= 15 is 0 Å². The van der Waals surface area contributed by atoms with Gasteiger partial charge in [-0.3, -0.25) is 0 Å². The van der Waals surface area contributed by atoms with Crippen LogP contribution in [-0.4, -0.2) is 0 Å². The van der Waals surface area contributed by atoms with Gasteiger partial charge in [0.1, 0.15) is 44.7 Å². The summed E-state index contributed by atoms with van der Waals surface area (Å²) < 4.78 is 26.5. The Hall–Kier alpha value is -16.4. The number of rotatable bonds is 4. The van der Waals surface area contributed by atoms with Crippen LogP contribution in [0.2, 0.25) is 0 Å². The lowest BCUT2D eigenvalue weighted by molar-refractivity contribution is 0.669. The summed E-state index contributed by atoms with van der Waals surface area (Å²) in [6.45, 7) is 0. The molecule has 0 spiro atoms. The first-order chi connectivity index (χ1) is 61.5. The molecule has 0 N–H and O–H groups in total. The van der Waals surface area contributed by atoms with E-state index in [1.165, 1.54) is 154 Å². The fraction of sp³-hybridized carbons (Fsp3) is 0. The lowest BCUT2D eigenvalue weighted by Gasteiger charge is -2.25. The van der Waals surface area contributed by atoms with Crippen molar-refractivity contribution in [2.45, 2.75) is 0 Å². The third-order valence-corrected chi connectivity index (χ3v) is 26.9. The predicted molar refractivity (Wildman–Crippen MR) is 519 cm³/mol. The van der Waals surface area contributed by atoms with Crippen molar-refractivity contribution in [1.82, 2.24) is 0 Å². The third-order valence-electron chi connectivity index (χ3n) is 26.9. The van der Waals surface area contributed by atoms with Gasteiger partial charge in [0.2, 0.25) is 0 Å². The molecule has 4 nitrogen and oxygen atoms in total. The van der Waals surface area contributed by atoms with E-state index in [4.69, 9.17) is 17.7 Å². The first-order valence-corrected chi connectivity index (χ1v) is 42.6. The van der Waals surface area contributed by atoms with E-state index in [1.807, 2.05) is 24.3 Å². The van der Waals surface area contributed by atoms with Gasteiger partial charge in [0.25, 0.3) is 0 Å². The fourth-order valence-corrected chi connectivity index (χ4v) is 21.3. The minimum absolute atomic E-state index is 0.900. The Kier molecular flexibility index (Phi) is 14.7. The minimum Gasteiger partial charge on any atom is -0.455 e. The van der Waals surface area contributed by atoms with Crippen molar-refractivity contribution in [3.8, 4) is 134 Å². The van der Waals surface area contributed by atoms with E-state index in [0.717, 1.165) is 132 Å². The molecule has 0 amide bonds. The average molecular weight is 1570 g/mol. The Bertz CT molecular complexity index is 8890. The summed E-state index contributed by atoms with van der Waals surface area (Å²) in [5, 5.41) is 24.1. The molecule has 0 aliphatic heterocycles. The molecule has 0 radical (unpaired) electrons. The Balaban J connectivity index is 0.000000130. The highest BCUT2D eigenvalue weighted by Crippen LogP contribution is 2.56. The topological polar surface area (TPSA) is 52.6 Å². The highest BCUT2D eigenvalue weighted by Gasteiger charge is 2.30. The summed E-state index contributed by atoms with van der Waals surface area (Å²) in [5.74, 6) is 0. The van der Waals surface area contributed by atoms with E-state index in [0.29, 0.717) is 0 Å². The van der Waals surface area contributed by atoms with Crippen molar-refractivity contribution in [2.24, 2.45) is 0 Å². The van der Waals surface area contributed by atoms with Gasteiger partial charge < -0.3 is 17.7 Å². The molecule has 28 rings (SSSR count). The molecule has 0 unspecified atom stereocenters. The Morgan fingerprint density at radius 1 is 0.0968 bits per heavy atom. The smallest absolute Gasteiger partial charge is 0.143 e. The lowest BCUT2D eigenvalue weighted by atomic mass is 9.78.